The summed E-state index contributed by atoms with van der Waals surface area (Å²) in [6.45, 7) is 5.17. The number of rotatable bonds is 3. The topological polar surface area (TPSA) is 90.5 Å². The minimum atomic E-state index is 0.232. The molecule has 0 spiro atoms. The molecule has 0 bridgehead atoms. The van der Waals surface area contributed by atoms with E-state index in [-0.39, 0.29) is 5.75 Å². The molecule has 0 unspecified atom stereocenters. The van der Waals surface area contributed by atoms with Crippen molar-refractivity contribution in [1.82, 2.24) is 15.1 Å². The zero-order valence-corrected chi connectivity index (χ0v) is 15.4. The molecule has 3 aliphatic rings. The number of nitrogens with zero attached hydrogens (tertiary/aromatic N) is 4. The first kappa shape index (κ1) is 16.8. The molecule has 7 nitrogen and oxygen atoms in total. The van der Waals surface area contributed by atoms with Gasteiger partial charge in [0, 0.05) is 44.3 Å². The first-order valence-corrected chi connectivity index (χ1v) is 9.82. The average molecular weight is 366 g/mol. The largest absolute Gasteiger partial charge is 0.507 e. The van der Waals surface area contributed by atoms with Gasteiger partial charge in [-0.3, -0.25) is 4.90 Å². The molecule has 3 heterocycles. The molecule has 1 saturated heterocycles. The normalized spacial score (nSPS) is 27.3. The van der Waals surface area contributed by atoms with Gasteiger partial charge in [-0.05, 0) is 37.0 Å². The van der Waals surface area contributed by atoms with Gasteiger partial charge in [0.2, 0.25) is 0 Å². The predicted octanol–water partition coefficient (Wildman–Crippen LogP) is 1.50. The monoisotopic (exact) mass is 366 g/mol. The molecule has 2 fully saturated rings. The van der Waals surface area contributed by atoms with Crippen LogP contribution < -0.4 is 16.0 Å². The summed E-state index contributed by atoms with van der Waals surface area (Å²) in [7, 11) is 0. The molecule has 1 aromatic carbocycles. The second-order valence-electron chi connectivity index (χ2n) is 8.07. The molecule has 27 heavy (non-hydrogen) atoms. The van der Waals surface area contributed by atoms with Crippen LogP contribution in [0.25, 0.3) is 11.3 Å². The predicted molar refractivity (Wildman–Crippen MR) is 106 cm³/mol. The number of piperazine rings is 1. The van der Waals surface area contributed by atoms with Crippen molar-refractivity contribution in [2.75, 3.05) is 42.9 Å². The van der Waals surface area contributed by atoms with E-state index in [1.165, 1.54) is 19.4 Å². The molecule has 1 atom stereocenters. The van der Waals surface area contributed by atoms with Crippen LogP contribution in [0.1, 0.15) is 12.8 Å². The number of hydrogen-bond acceptors (Lipinski definition) is 7. The van der Waals surface area contributed by atoms with Gasteiger partial charge in [0.1, 0.15) is 5.75 Å². The van der Waals surface area contributed by atoms with Crippen LogP contribution in [0, 0.1) is 5.92 Å². The molecule has 2 aromatic rings. The Labute approximate surface area is 159 Å². The second-order valence-corrected chi connectivity index (χ2v) is 8.07. The van der Waals surface area contributed by atoms with Crippen LogP contribution in [0.15, 0.2) is 30.3 Å². The Morgan fingerprint density at radius 2 is 2.04 bits per heavy atom. The number of phenols is 1. The average Bonchev–Trinajstić information content (AvgIpc) is 2.66. The second kappa shape index (κ2) is 6.65. The zero-order valence-electron chi connectivity index (χ0n) is 15.4. The number of fused-ring (bicyclic) bond motifs is 3. The Morgan fingerprint density at radius 3 is 2.85 bits per heavy atom. The minimum Gasteiger partial charge on any atom is -0.507 e. The van der Waals surface area contributed by atoms with E-state index >= 15 is 0 Å². The standard InChI is InChI=1S/C20H26N6O/c21-14-7-13(8-14)11-25-5-6-26-15(12-25)10-22-20-18(26)9-17(23-24-20)16-3-1-2-4-19(16)27/h1-4,9,13-15,27H,5-8,10-12,21H2,(H,22,24)/t13-,14-,15-/m0/s1. The van der Waals surface area contributed by atoms with Crippen LogP contribution >= 0.6 is 0 Å². The van der Waals surface area contributed by atoms with Gasteiger partial charge in [-0.25, -0.2) is 0 Å². The van der Waals surface area contributed by atoms with Crippen molar-refractivity contribution in [3.05, 3.63) is 30.3 Å². The fourth-order valence-corrected chi connectivity index (χ4v) is 4.64. The summed E-state index contributed by atoms with van der Waals surface area (Å²) in [5.74, 6) is 1.84. The molecule has 0 amide bonds. The number of para-hydroxylation sites is 1. The van der Waals surface area contributed by atoms with Crippen LogP contribution in [0.2, 0.25) is 0 Å². The number of benzene rings is 1. The molecular formula is C20H26N6O. The van der Waals surface area contributed by atoms with Gasteiger partial charge in [-0.15, -0.1) is 10.2 Å². The number of anilines is 2. The van der Waals surface area contributed by atoms with Crippen molar-refractivity contribution in [2.45, 2.75) is 24.9 Å². The van der Waals surface area contributed by atoms with Crippen molar-refractivity contribution in [1.29, 1.82) is 0 Å². The van der Waals surface area contributed by atoms with Crippen LogP contribution in [-0.2, 0) is 0 Å². The summed E-state index contributed by atoms with van der Waals surface area (Å²) < 4.78 is 0. The maximum absolute atomic E-state index is 10.2. The van der Waals surface area contributed by atoms with E-state index in [9.17, 15) is 5.11 Å². The highest BCUT2D eigenvalue weighted by Gasteiger charge is 2.35. The van der Waals surface area contributed by atoms with Gasteiger partial charge in [0.15, 0.2) is 5.82 Å². The summed E-state index contributed by atoms with van der Waals surface area (Å²) in [6.07, 6.45) is 2.34. The summed E-state index contributed by atoms with van der Waals surface area (Å²) >= 11 is 0. The van der Waals surface area contributed by atoms with Gasteiger partial charge < -0.3 is 21.1 Å². The maximum atomic E-state index is 10.2. The minimum absolute atomic E-state index is 0.232. The van der Waals surface area contributed by atoms with Crippen molar-refractivity contribution < 1.29 is 5.11 Å². The van der Waals surface area contributed by atoms with Crippen molar-refractivity contribution in [3.63, 3.8) is 0 Å². The molecule has 1 aromatic heterocycles. The first-order valence-electron chi connectivity index (χ1n) is 9.82. The summed E-state index contributed by atoms with van der Waals surface area (Å²) in [5.41, 5.74) is 8.45. The molecular weight excluding hydrogens is 340 g/mol. The third kappa shape index (κ3) is 3.11. The van der Waals surface area contributed by atoms with Gasteiger partial charge >= 0.3 is 0 Å². The zero-order chi connectivity index (χ0) is 18.4. The highest BCUT2D eigenvalue weighted by molar-refractivity contribution is 5.76. The summed E-state index contributed by atoms with van der Waals surface area (Å²) in [6, 6.07) is 10.2. The van der Waals surface area contributed by atoms with Crippen LogP contribution in [0.4, 0.5) is 11.5 Å². The fourth-order valence-electron chi connectivity index (χ4n) is 4.64. The number of hydrogen-bond donors (Lipinski definition) is 3. The molecule has 0 radical (unpaired) electrons. The third-order valence-electron chi connectivity index (χ3n) is 6.12. The maximum Gasteiger partial charge on any atom is 0.172 e. The SMILES string of the molecule is N[C@H]1C[C@H](CN2CCN3c4cc(-c5ccccc5O)nnc4NC[C@H]3C2)C1. The van der Waals surface area contributed by atoms with Crippen molar-refractivity contribution >= 4 is 11.5 Å². The van der Waals surface area contributed by atoms with Gasteiger partial charge in [0.25, 0.3) is 0 Å². The fraction of sp³-hybridized carbons (Fsp3) is 0.500. The van der Waals surface area contributed by atoms with E-state index < -0.39 is 0 Å². The molecule has 1 aliphatic carbocycles. The number of nitrogens with two attached hydrogens (primary N) is 1. The molecule has 1 saturated carbocycles. The lowest BCUT2D eigenvalue weighted by molar-refractivity contribution is 0.141. The highest BCUT2D eigenvalue weighted by atomic mass is 16.3. The molecule has 5 rings (SSSR count). The first-order chi connectivity index (χ1) is 13.2. The van der Waals surface area contributed by atoms with Crippen molar-refractivity contribution in [2.24, 2.45) is 11.7 Å². The lowest BCUT2D eigenvalue weighted by Gasteiger charge is -2.47. The molecule has 2 aliphatic heterocycles. The van der Waals surface area contributed by atoms with E-state index in [1.807, 2.05) is 18.2 Å². The van der Waals surface area contributed by atoms with Crippen LogP contribution in [0.3, 0.4) is 0 Å². The van der Waals surface area contributed by atoms with Crippen LogP contribution in [0.5, 0.6) is 5.75 Å². The lowest BCUT2D eigenvalue weighted by Crippen LogP contribution is -2.59. The number of aromatic nitrogens is 2. The highest BCUT2D eigenvalue weighted by Crippen LogP contribution is 2.36. The summed E-state index contributed by atoms with van der Waals surface area (Å²) in [4.78, 5) is 5.04. The summed E-state index contributed by atoms with van der Waals surface area (Å²) in [5, 5.41) is 22.3. The number of phenolic OH excluding ortho intramolecular Hbond substituents is 1. The van der Waals surface area contributed by atoms with E-state index in [1.54, 1.807) is 6.07 Å². The van der Waals surface area contributed by atoms with E-state index in [2.05, 4.69) is 31.4 Å². The molecule has 142 valence electrons. The van der Waals surface area contributed by atoms with Gasteiger partial charge in [-0.2, -0.15) is 0 Å². The molecule has 7 heteroatoms. The van der Waals surface area contributed by atoms with E-state index in [0.29, 0.717) is 17.8 Å². The number of nitrogens with one attached hydrogen (secondary N) is 1. The third-order valence-corrected chi connectivity index (χ3v) is 6.12. The van der Waals surface area contributed by atoms with Crippen LogP contribution in [-0.4, -0.2) is 65.0 Å². The van der Waals surface area contributed by atoms with E-state index in [0.717, 1.165) is 49.2 Å². The quantitative estimate of drug-likeness (QED) is 0.758. The van der Waals surface area contributed by atoms with Gasteiger partial charge in [-0.1, -0.05) is 12.1 Å². The van der Waals surface area contributed by atoms with Crippen molar-refractivity contribution in [3.8, 4) is 17.0 Å². The Kier molecular flexibility index (Phi) is 4.13. The Morgan fingerprint density at radius 1 is 1.19 bits per heavy atom. The molecule has 4 N–H and O–H groups in total. The Bertz CT molecular complexity index is 837. The Balaban J connectivity index is 1.35. The number of aromatic hydroxyl groups is 1. The lowest BCUT2D eigenvalue weighted by atomic mass is 9.80. The Hall–Kier alpha value is -2.38. The smallest absolute Gasteiger partial charge is 0.172 e. The van der Waals surface area contributed by atoms with Gasteiger partial charge in [0.05, 0.1) is 17.4 Å². The van der Waals surface area contributed by atoms with E-state index in [4.69, 9.17) is 5.73 Å².